The lowest BCUT2D eigenvalue weighted by molar-refractivity contribution is -0.124. The van der Waals surface area contributed by atoms with Crippen LogP contribution in [0.2, 0.25) is 0 Å². The van der Waals surface area contributed by atoms with Crippen molar-refractivity contribution in [3.63, 3.8) is 0 Å². The third kappa shape index (κ3) is 3.78. The summed E-state index contributed by atoms with van der Waals surface area (Å²) < 4.78 is 0. The van der Waals surface area contributed by atoms with Crippen LogP contribution >= 0.6 is 0 Å². The molecule has 0 radical (unpaired) electrons. The maximum atomic E-state index is 12.1. The molecular weight excluding hydrogens is 240 g/mol. The van der Waals surface area contributed by atoms with Gasteiger partial charge in [0.25, 0.3) is 0 Å². The normalized spacial score (nSPS) is 25.4. The first-order valence-electron chi connectivity index (χ1n) is 6.97. The number of benzene rings is 1. The van der Waals surface area contributed by atoms with Gasteiger partial charge in [-0.05, 0) is 18.4 Å². The highest BCUT2D eigenvalue weighted by Crippen LogP contribution is 2.19. The van der Waals surface area contributed by atoms with Gasteiger partial charge >= 0.3 is 0 Å². The molecule has 1 aliphatic rings. The van der Waals surface area contributed by atoms with E-state index in [9.17, 15) is 9.90 Å². The Bertz CT molecular complexity index is 408. The van der Waals surface area contributed by atoms with Crippen LogP contribution in [0.5, 0.6) is 0 Å². The van der Waals surface area contributed by atoms with Gasteiger partial charge in [0, 0.05) is 0 Å². The Labute approximate surface area is 114 Å². The maximum Gasteiger partial charge on any atom is 0.241 e. The molecule has 1 saturated carbocycles. The van der Waals surface area contributed by atoms with Gasteiger partial charge in [-0.1, -0.05) is 49.6 Å². The van der Waals surface area contributed by atoms with Gasteiger partial charge in [-0.3, -0.25) is 4.79 Å². The third-order valence-electron chi connectivity index (χ3n) is 3.75. The van der Waals surface area contributed by atoms with Crippen LogP contribution in [0.3, 0.4) is 0 Å². The lowest BCUT2D eigenvalue weighted by Crippen LogP contribution is -2.46. The number of carbonyl (C=O) groups is 1. The predicted octanol–water partition coefficient (Wildman–Crippen LogP) is 1.50. The largest absolute Gasteiger partial charge is 0.391 e. The zero-order valence-electron chi connectivity index (χ0n) is 11.1. The first kappa shape index (κ1) is 14.0. The topological polar surface area (TPSA) is 75.4 Å². The number of nitrogens with one attached hydrogen (secondary N) is 1. The molecule has 1 fully saturated rings. The Hall–Kier alpha value is -1.39. The van der Waals surface area contributed by atoms with Gasteiger partial charge < -0.3 is 16.2 Å². The van der Waals surface area contributed by atoms with Crippen LogP contribution in [-0.2, 0) is 4.79 Å². The van der Waals surface area contributed by atoms with Crippen LogP contribution in [0.4, 0.5) is 0 Å². The Morgan fingerprint density at radius 1 is 1.21 bits per heavy atom. The van der Waals surface area contributed by atoms with Crippen LogP contribution in [0.25, 0.3) is 0 Å². The molecule has 1 aromatic rings. The molecule has 4 N–H and O–H groups in total. The molecule has 0 aliphatic heterocycles. The van der Waals surface area contributed by atoms with E-state index in [1.165, 1.54) is 0 Å². The number of aliphatic hydroxyl groups excluding tert-OH is 1. The molecule has 1 aliphatic carbocycles. The summed E-state index contributed by atoms with van der Waals surface area (Å²) in [6.45, 7) is 0. The van der Waals surface area contributed by atoms with E-state index in [1.54, 1.807) is 0 Å². The van der Waals surface area contributed by atoms with Crippen molar-refractivity contribution in [3.8, 4) is 0 Å². The third-order valence-corrected chi connectivity index (χ3v) is 3.75. The van der Waals surface area contributed by atoms with Crippen molar-refractivity contribution in [1.29, 1.82) is 0 Å². The Morgan fingerprint density at radius 3 is 2.63 bits per heavy atom. The van der Waals surface area contributed by atoms with Crippen molar-refractivity contribution in [2.45, 2.75) is 50.3 Å². The molecule has 0 saturated heterocycles. The van der Waals surface area contributed by atoms with Crippen LogP contribution in [0, 0.1) is 0 Å². The summed E-state index contributed by atoms with van der Waals surface area (Å²) in [6, 6.07) is 8.47. The van der Waals surface area contributed by atoms with E-state index in [-0.39, 0.29) is 11.9 Å². The van der Waals surface area contributed by atoms with Gasteiger partial charge in [0.2, 0.25) is 5.91 Å². The maximum absolute atomic E-state index is 12.1. The lowest BCUT2D eigenvalue weighted by atomic mass is 10.0. The van der Waals surface area contributed by atoms with E-state index < -0.39 is 12.1 Å². The van der Waals surface area contributed by atoms with Crippen LogP contribution < -0.4 is 11.1 Å². The van der Waals surface area contributed by atoms with Crippen molar-refractivity contribution in [2.24, 2.45) is 5.73 Å². The van der Waals surface area contributed by atoms with Crippen molar-refractivity contribution < 1.29 is 9.90 Å². The van der Waals surface area contributed by atoms with E-state index in [4.69, 9.17) is 5.73 Å². The fraction of sp³-hybridized carbons (Fsp3) is 0.533. The number of aliphatic hydroxyl groups is 1. The first-order valence-corrected chi connectivity index (χ1v) is 6.97. The van der Waals surface area contributed by atoms with Gasteiger partial charge in [0.1, 0.15) is 6.04 Å². The second-order valence-electron chi connectivity index (χ2n) is 5.21. The Kier molecular flexibility index (Phi) is 4.93. The van der Waals surface area contributed by atoms with E-state index in [0.29, 0.717) is 0 Å². The molecule has 104 valence electrons. The van der Waals surface area contributed by atoms with Crippen molar-refractivity contribution in [3.05, 3.63) is 35.9 Å². The monoisotopic (exact) mass is 262 g/mol. The zero-order valence-corrected chi connectivity index (χ0v) is 11.1. The number of nitrogens with two attached hydrogens (primary N) is 1. The summed E-state index contributed by atoms with van der Waals surface area (Å²) in [5.74, 6) is -0.211. The summed E-state index contributed by atoms with van der Waals surface area (Å²) in [5.41, 5.74) is 6.74. The minimum Gasteiger partial charge on any atom is -0.391 e. The molecule has 0 spiro atoms. The van der Waals surface area contributed by atoms with E-state index in [2.05, 4.69) is 5.32 Å². The fourth-order valence-corrected chi connectivity index (χ4v) is 2.54. The first-order chi connectivity index (χ1) is 9.18. The second kappa shape index (κ2) is 6.68. The Balaban J connectivity index is 1.96. The van der Waals surface area contributed by atoms with Crippen molar-refractivity contribution in [2.75, 3.05) is 0 Å². The van der Waals surface area contributed by atoms with Crippen LogP contribution in [-0.4, -0.2) is 23.2 Å². The number of amides is 1. The van der Waals surface area contributed by atoms with Crippen LogP contribution in [0.15, 0.2) is 30.3 Å². The number of hydrogen-bond acceptors (Lipinski definition) is 3. The molecule has 3 atom stereocenters. The molecular formula is C15H22N2O2. The highest BCUT2D eigenvalue weighted by atomic mass is 16.3. The summed E-state index contributed by atoms with van der Waals surface area (Å²) in [6.07, 6.45) is 4.32. The molecule has 4 heteroatoms. The average Bonchev–Trinajstić information content (AvgIpc) is 2.64. The quantitative estimate of drug-likeness (QED) is 0.723. The fourth-order valence-electron chi connectivity index (χ4n) is 2.54. The summed E-state index contributed by atoms with van der Waals surface area (Å²) in [7, 11) is 0. The molecule has 0 bridgehead atoms. The summed E-state index contributed by atoms with van der Waals surface area (Å²) >= 11 is 0. The minimum absolute atomic E-state index is 0.162. The number of rotatable bonds is 3. The molecule has 1 amide bonds. The number of carbonyl (C=O) groups excluding carboxylic acids is 1. The number of hydrogen-bond donors (Lipinski definition) is 3. The highest BCUT2D eigenvalue weighted by molar-refractivity contribution is 5.83. The second-order valence-corrected chi connectivity index (χ2v) is 5.21. The van der Waals surface area contributed by atoms with Crippen molar-refractivity contribution in [1.82, 2.24) is 5.32 Å². The predicted molar refractivity (Wildman–Crippen MR) is 74.4 cm³/mol. The summed E-state index contributed by atoms with van der Waals surface area (Å²) in [4.78, 5) is 12.1. The standard InChI is InChI=1S/C15H22N2O2/c16-14(11-7-3-1-4-8-11)15(19)17-12-9-5-2-6-10-13(12)18/h1,3-4,7-8,12-14,18H,2,5-6,9-10,16H2,(H,17,19)/t12?,13?,14-/m0/s1. The highest BCUT2D eigenvalue weighted by Gasteiger charge is 2.25. The van der Waals surface area contributed by atoms with E-state index >= 15 is 0 Å². The molecule has 0 heterocycles. The SMILES string of the molecule is N[C@H](C(=O)NC1CCCCCC1O)c1ccccc1. The lowest BCUT2D eigenvalue weighted by Gasteiger charge is -2.23. The smallest absolute Gasteiger partial charge is 0.241 e. The van der Waals surface area contributed by atoms with Crippen LogP contribution in [0.1, 0.15) is 43.7 Å². The molecule has 1 aromatic carbocycles. The molecule has 2 unspecified atom stereocenters. The van der Waals surface area contributed by atoms with Gasteiger partial charge in [0.05, 0.1) is 12.1 Å². The molecule has 4 nitrogen and oxygen atoms in total. The van der Waals surface area contributed by atoms with Gasteiger partial charge in [-0.15, -0.1) is 0 Å². The summed E-state index contributed by atoms with van der Waals surface area (Å²) in [5, 5.41) is 12.9. The van der Waals surface area contributed by atoms with Gasteiger partial charge in [-0.25, -0.2) is 0 Å². The average molecular weight is 262 g/mol. The zero-order chi connectivity index (χ0) is 13.7. The molecule has 19 heavy (non-hydrogen) atoms. The Morgan fingerprint density at radius 2 is 1.89 bits per heavy atom. The van der Waals surface area contributed by atoms with E-state index in [0.717, 1.165) is 37.7 Å². The van der Waals surface area contributed by atoms with E-state index in [1.807, 2.05) is 30.3 Å². The minimum atomic E-state index is -0.670. The van der Waals surface area contributed by atoms with Gasteiger partial charge in [-0.2, -0.15) is 0 Å². The molecule has 0 aromatic heterocycles. The van der Waals surface area contributed by atoms with Gasteiger partial charge in [0.15, 0.2) is 0 Å². The molecule has 2 rings (SSSR count). The van der Waals surface area contributed by atoms with Crippen molar-refractivity contribution >= 4 is 5.91 Å².